The van der Waals surface area contributed by atoms with Crippen molar-refractivity contribution in [3.63, 3.8) is 0 Å². The summed E-state index contributed by atoms with van der Waals surface area (Å²) in [5.41, 5.74) is 1.62. The van der Waals surface area contributed by atoms with Crippen molar-refractivity contribution in [2.24, 2.45) is 0 Å². The van der Waals surface area contributed by atoms with Crippen molar-refractivity contribution in [3.05, 3.63) is 15.8 Å². The number of hydrogen-bond donors (Lipinski definition) is 1. The van der Waals surface area contributed by atoms with Gasteiger partial charge in [0.2, 0.25) is 0 Å². The summed E-state index contributed by atoms with van der Waals surface area (Å²) in [5, 5.41) is 4.72. The first kappa shape index (κ1) is 9.45. The van der Waals surface area contributed by atoms with Crippen molar-refractivity contribution in [1.29, 1.82) is 0 Å². The largest absolute Gasteiger partial charge is 0.465 e. The highest BCUT2D eigenvalue weighted by molar-refractivity contribution is 7.12. The molecule has 5 heteroatoms. The van der Waals surface area contributed by atoms with Crippen LogP contribution in [-0.4, -0.2) is 25.8 Å². The lowest BCUT2D eigenvalue weighted by molar-refractivity contribution is 0.0607. The van der Waals surface area contributed by atoms with Crippen LogP contribution >= 0.6 is 11.3 Å². The van der Waals surface area contributed by atoms with Gasteiger partial charge in [-0.15, -0.1) is 11.3 Å². The lowest BCUT2D eigenvalue weighted by atomic mass is 10.1. The fourth-order valence-corrected chi connectivity index (χ4v) is 2.48. The number of rotatable bonds is 1. The number of thiophene rings is 1. The van der Waals surface area contributed by atoms with Crippen LogP contribution < -0.4 is 5.32 Å². The second-order valence-electron chi connectivity index (χ2n) is 3.14. The molecule has 1 aromatic heterocycles. The number of anilines is 1. The van der Waals surface area contributed by atoms with Crippen molar-refractivity contribution in [2.45, 2.75) is 12.6 Å². The number of alkyl halides is 1. The van der Waals surface area contributed by atoms with Crippen LogP contribution in [0.2, 0.25) is 0 Å². The Balaban J connectivity index is 2.33. The zero-order chi connectivity index (χ0) is 10.1. The Labute approximate surface area is 84.9 Å². The van der Waals surface area contributed by atoms with Crippen molar-refractivity contribution in [2.75, 3.05) is 19.0 Å². The molecule has 1 aromatic rings. The molecule has 1 aliphatic rings. The minimum absolute atomic E-state index is 0.272. The molecule has 1 unspecified atom stereocenters. The third-order valence-corrected chi connectivity index (χ3v) is 3.19. The summed E-state index contributed by atoms with van der Waals surface area (Å²) in [6.07, 6.45) is -0.474. The summed E-state index contributed by atoms with van der Waals surface area (Å²) >= 11 is 1.30. The Morgan fingerprint density at radius 2 is 2.57 bits per heavy atom. The Morgan fingerprint density at radius 1 is 1.79 bits per heavy atom. The highest BCUT2D eigenvalue weighted by Gasteiger charge is 2.24. The maximum Gasteiger partial charge on any atom is 0.350 e. The van der Waals surface area contributed by atoms with Crippen LogP contribution in [0.15, 0.2) is 5.38 Å². The van der Waals surface area contributed by atoms with E-state index in [1.54, 1.807) is 5.38 Å². The maximum atomic E-state index is 13.0. The van der Waals surface area contributed by atoms with Crippen LogP contribution in [0.1, 0.15) is 15.2 Å². The summed E-state index contributed by atoms with van der Waals surface area (Å²) in [4.78, 5) is 11.8. The van der Waals surface area contributed by atoms with Gasteiger partial charge in [0.1, 0.15) is 11.0 Å². The van der Waals surface area contributed by atoms with Gasteiger partial charge in [0.15, 0.2) is 0 Å². The molecule has 0 bridgehead atoms. The molecule has 0 aliphatic carbocycles. The van der Waals surface area contributed by atoms with E-state index in [9.17, 15) is 9.18 Å². The number of esters is 1. The van der Waals surface area contributed by atoms with Gasteiger partial charge < -0.3 is 10.1 Å². The van der Waals surface area contributed by atoms with Gasteiger partial charge in [0, 0.05) is 13.0 Å². The molecule has 0 saturated heterocycles. The molecule has 0 radical (unpaired) electrons. The highest BCUT2D eigenvalue weighted by Crippen LogP contribution is 2.32. The summed E-state index contributed by atoms with van der Waals surface area (Å²) in [5.74, 6) is -0.360. The summed E-state index contributed by atoms with van der Waals surface area (Å²) in [7, 11) is 1.34. The summed E-state index contributed by atoms with van der Waals surface area (Å²) < 4.78 is 17.6. The lowest BCUT2D eigenvalue weighted by Gasteiger charge is -2.18. The Hall–Kier alpha value is -1.10. The maximum absolute atomic E-state index is 13.0. The average Bonchev–Trinajstić information content (AvgIpc) is 2.59. The topological polar surface area (TPSA) is 38.3 Å². The van der Waals surface area contributed by atoms with Gasteiger partial charge in [0.05, 0.1) is 12.8 Å². The smallest absolute Gasteiger partial charge is 0.350 e. The molecule has 76 valence electrons. The summed E-state index contributed by atoms with van der Waals surface area (Å²) in [6, 6.07) is 0. The molecule has 0 fully saturated rings. The van der Waals surface area contributed by atoms with Crippen LogP contribution in [0, 0.1) is 0 Å². The first-order valence-corrected chi connectivity index (χ1v) is 5.17. The number of hydrogen-bond acceptors (Lipinski definition) is 4. The van der Waals surface area contributed by atoms with Gasteiger partial charge in [0.25, 0.3) is 0 Å². The normalized spacial score (nSPS) is 19.7. The zero-order valence-corrected chi connectivity index (χ0v) is 8.49. The number of carbonyl (C=O) groups is 1. The Morgan fingerprint density at radius 3 is 3.29 bits per heavy atom. The number of carbonyl (C=O) groups excluding carboxylic acids is 1. The molecule has 3 nitrogen and oxygen atoms in total. The van der Waals surface area contributed by atoms with Crippen molar-refractivity contribution < 1.29 is 13.9 Å². The SMILES string of the molecule is COC(=O)c1scc2c1NCC(F)C2. The van der Waals surface area contributed by atoms with Gasteiger partial charge in [-0.2, -0.15) is 0 Å². The fourth-order valence-electron chi connectivity index (χ4n) is 1.50. The van der Waals surface area contributed by atoms with E-state index >= 15 is 0 Å². The monoisotopic (exact) mass is 215 g/mol. The summed E-state index contributed by atoms with van der Waals surface area (Å²) in [6.45, 7) is 0.272. The molecule has 14 heavy (non-hydrogen) atoms. The minimum Gasteiger partial charge on any atom is -0.465 e. The molecular weight excluding hydrogens is 205 g/mol. The predicted octanol–water partition coefficient (Wildman–Crippen LogP) is 1.84. The lowest BCUT2D eigenvalue weighted by Crippen LogP contribution is -2.24. The van der Waals surface area contributed by atoms with E-state index in [1.807, 2.05) is 0 Å². The minimum atomic E-state index is -0.859. The van der Waals surface area contributed by atoms with Crippen molar-refractivity contribution in [3.8, 4) is 0 Å². The fraction of sp³-hybridized carbons (Fsp3) is 0.444. The number of nitrogens with one attached hydrogen (secondary N) is 1. The predicted molar refractivity (Wildman–Crippen MR) is 52.7 cm³/mol. The third-order valence-electron chi connectivity index (χ3n) is 2.18. The van der Waals surface area contributed by atoms with Crippen LogP contribution in [0.3, 0.4) is 0 Å². The van der Waals surface area contributed by atoms with E-state index in [4.69, 9.17) is 0 Å². The first-order valence-electron chi connectivity index (χ1n) is 4.29. The van der Waals surface area contributed by atoms with E-state index < -0.39 is 6.17 Å². The second-order valence-corrected chi connectivity index (χ2v) is 4.02. The molecule has 1 aliphatic heterocycles. The van der Waals surface area contributed by atoms with Crippen LogP contribution in [0.25, 0.3) is 0 Å². The standard InChI is InChI=1S/C9H10FNO2S/c1-13-9(12)8-7-5(4-14-8)2-6(10)3-11-7/h4,6,11H,2-3H2,1H3. The van der Waals surface area contributed by atoms with Crippen LogP contribution in [0.5, 0.6) is 0 Å². The molecule has 2 rings (SSSR count). The third kappa shape index (κ3) is 1.48. The van der Waals surface area contributed by atoms with E-state index in [0.717, 1.165) is 11.3 Å². The number of fused-ring (bicyclic) bond motifs is 1. The van der Waals surface area contributed by atoms with Gasteiger partial charge in [-0.1, -0.05) is 0 Å². The molecule has 1 N–H and O–H groups in total. The average molecular weight is 215 g/mol. The molecule has 1 atom stereocenters. The highest BCUT2D eigenvalue weighted by atomic mass is 32.1. The first-order chi connectivity index (χ1) is 6.72. The van der Waals surface area contributed by atoms with Gasteiger partial charge in [-0.3, -0.25) is 0 Å². The second kappa shape index (κ2) is 3.57. The quantitative estimate of drug-likeness (QED) is 0.726. The number of methoxy groups -OCH3 is 1. The molecular formula is C9H10FNO2S. The Kier molecular flexibility index (Phi) is 2.41. The van der Waals surface area contributed by atoms with E-state index in [-0.39, 0.29) is 12.5 Å². The van der Waals surface area contributed by atoms with E-state index in [0.29, 0.717) is 11.3 Å². The van der Waals surface area contributed by atoms with Crippen LogP contribution in [-0.2, 0) is 11.2 Å². The molecule has 0 saturated carbocycles. The number of halogens is 1. The van der Waals surface area contributed by atoms with Crippen molar-refractivity contribution >= 4 is 23.0 Å². The zero-order valence-electron chi connectivity index (χ0n) is 7.67. The van der Waals surface area contributed by atoms with Gasteiger partial charge in [-0.25, -0.2) is 9.18 Å². The number of ether oxygens (including phenoxy) is 1. The van der Waals surface area contributed by atoms with Crippen LogP contribution in [0.4, 0.5) is 10.1 Å². The Bertz CT molecular complexity index is 364. The van der Waals surface area contributed by atoms with E-state index in [2.05, 4.69) is 10.1 Å². The van der Waals surface area contributed by atoms with Gasteiger partial charge in [-0.05, 0) is 10.9 Å². The molecule has 0 spiro atoms. The molecule has 0 amide bonds. The van der Waals surface area contributed by atoms with Crippen molar-refractivity contribution in [1.82, 2.24) is 0 Å². The van der Waals surface area contributed by atoms with Gasteiger partial charge >= 0.3 is 5.97 Å². The van der Waals surface area contributed by atoms with E-state index in [1.165, 1.54) is 18.4 Å². The molecule has 0 aromatic carbocycles. The molecule has 2 heterocycles.